The molecule has 1 aromatic carbocycles. The first kappa shape index (κ1) is 14.0. The van der Waals surface area contributed by atoms with Crippen LogP contribution >= 0.6 is 0 Å². The molecular formula is C15H18N4O. The quantitative estimate of drug-likeness (QED) is 0.847. The Balaban J connectivity index is 1.88. The molecule has 20 heavy (non-hydrogen) atoms. The van der Waals surface area contributed by atoms with Gasteiger partial charge < -0.3 is 5.32 Å². The van der Waals surface area contributed by atoms with Gasteiger partial charge in [-0.1, -0.05) is 35.1 Å². The monoisotopic (exact) mass is 270 g/mol. The van der Waals surface area contributed by atoms with Crippen molar-refractivity contribution in [2.45, 2.75) is 26.9 Å². The number of hydrogen-bond acceptors (Lipinski definition) is 3. The lowest BCUT2D eigenvalue weighted by molar-refractivity contribution is 0.0950. The van der Waals surface area contributed by atoms with Crippen molar-refractivity contribution in [1.82, 2.24) is 20.3 Å². The zero-order valence-corrected chi connectivity index (χ0v) is 11.7. The number of amides is 1. The number of rotatable bonds is 5. The van der Waals surface area contributed by atoms with Crippen molar-refractivity contribution in [3.8, 4) is 0 Å². The van der Waals surface area contributed by atoms with Crippen LogP contribution < -0.4 is 5.32 Å². The van der Waals surface area contributed by atoms with Gasteiger partial charge in [-0.2, -0.15) is 0 Å². The standard InChI is InChI=1S/C15H18N4O/c1-12(2)8-9-19-11-14(17-18-19)10-16-15(20)13-6-4-3-5-7-13/h3-8,11H,9-10H2,1-2H3,(H,16,20). The van der Waals surface area contributed by atoms with E-state index in [-0.39, 0.29) is 5.91 Å². The highest BCUT2D eigenvalue weighted by Crippen LogP contribution is 2.00. The minimum atomic E-state index is -0.107. The van der Waals surface area contributed by atoms with Crippen LogP contribution in [-0.2, 0) is 13.1 Å². The molecule has 0 bridgehead atoms. The lowest BCUT2D eigenvalue weighted by Crippen LogP contribution is -2.22. The number of nitrogens with zero attached hydrogens (tertiary/aromatic N) is 3. The van der Waals surface area contributed by atoms with Gasteiger partial charge in [0.25, 0.3) is 5.91 Å². The van der Waals surface area contributed by atoms with Crippen LogP contribution in [0.3, 0.4) is 0 Å². The highest BCUT2D eigenvalue weighted by Gasteiger charge is 2.05. The molecule has 0 aliphatic heterocycles. The van der Waals surface area contributed by atoms with E-state index in [1.807, 2.05) is 38.2 Å². The van der Waals surface area contributed by atoms with Gasteiger partial charge in [0.1, 0.15) is 5.69 Å². The van der Waals surface area contributed by atoms with Crippen molar-refractivity contribution >= 4 is 5.91 Å². The minimum absolute atomic E-state index is 0.107. The average molecular weight is 270 g/mol. The molecule has 0 spiro atoms. The van der Waals surface area contributed by atoms with E-state index < -0.39 is 0 Å². The highest BCUT2D eigenvalue weighted by atomic mass is 16.1. The summed E-state index contributed by atoms with van der Waals surface area (Å²) in [6.07, 6.45) is 3.91. The second-order valence-corrected chi connectivity index (χ2v) is 4.76. The summed E-state index contributed by atoms with van der Waals surface area (Å²) in [5.74, 6) is -0.107. The molecule has 1 aromatic heterocycles. The van der Waals surface area contributed by atoms with Gasteiger partial charge in [-0.05, 0) is 26.0 Å². The van der Waals surface area contributed by atoms with Gasteiger partial charge in [0.2, 0.25) is 0 Å². The van der Waals surface area contributed by atoms with Crippen LogP contribution in [0.5, 0.6) is 0 Å². The number of carbonyl (C=O) groups is 1. The molecule has 1 amide bonds. The normalized spacial score (nSPS) is 10.1. The van der Waals surface area contributed by atoms with Crippen molar-refractivity contribution in [1.29, 1.82) is 0 Å². The zero-order chi connectivity index (χ0) is 14.4. The number of hydrogen-bond donors (Lipinski definition) is 1. The third kappa shape index (κ3) is 4.05. The fourth-order valence-corrected chi connectivity index (χ4v) is 1.65. The summed E-state index contributed by atoms with van der Waals surface area (Å²) in [4.78, 5) is 11.9. The maximum Gasteiger partial charge on any atom is 0.251 e. The summed E-state index contributed by atoms with van der Waals surface area (Å²) in [6.45, 7) is 5.15. The van der Waals surface area contributed by atoms with E-state index in [0.717, 1.165) is 5.69 Å². The summed E-state index contributed by atoms with van der Waals surface area (Å²) in [5.41, 5.74) is 2.63. The molecule has 0 unspecified atom stereocenters. The molecule has 1 heterocycles. The van der Waals surface area contributed by atoms with Crippen molar-refractivity contribution < 1.29 is 4.79 Å². The fraction of sp³-hybridized carbons (Fsp3) is 0.267. The molecule has 104 valence electrons. The number of allylic oxidation sites excluding steroid dienone is 2. The number of carbonyl (C=O) groups excluding carboxylic acids is 1. The Bertz CT molecular complexity index is 597. The summed E-state index contributed by atoms with van der Waals surface area (Å²) in [6, 6.07) is 9.11. The highest BCUT2D eigenvalue weighted by molar-refractivity contribution is 5.93. The molecule has 5 nitrogen and oxygen atoms in total. The van der Waals surface area contributed by atoms with Gasteiger partial charge >= 0.3 is 0 Å². The molecule has 0 aliphatic carbocycles. The van der Waals surface area contributed by atoms with Crippen LogP contribution in [0.15, 0.2) is 48.2 Å². The molecule has 0 saturated heterocycles. The predicted molar refractivity (Wildman–Crippen MR) is 77.1 cm³/mol. The van der Waals surface area contributed by atoms with Gasteiger partial charge in [-0.15, -0.1) is 5.10 Å². The van der Waals surface area contributed by atoms with Crippen molar-refractivity contribution in [3.63, 3.8) is 0 Å². The Morgan fingerprint density at radius 1 is 1.30 bits per heavy atom. The molecule has 0 saturated carbocycles. The molecule has 1 N–H and O–H groups in total. The Hall–Kier alpha value is -2.43. The number of benzene rings is 1. The van der Waals surface area contributed by atoms with Gasteiger partial charge in [0.15, 0.2) is 0 Å². The first-order valence-corrected chi connectivity index (χ1v) is 6.51. The van der Waals surface area contributed by atoms with E-state index in [2.05, 4.69) is 21.7 Å². The molecular weight excluding hydrogens is 252 g/mol. The molecule has 2 aromatic rings. The Labute approximate surface area is 118 Å². The number of nitrogens with one attached hydrogen (secondary N) is 1. The molecule has 0 fully saturated rings. The van der Waals surface area contributed by atoms with Gasteiger partial charge in [0, 0.05) is 5.56 Å². The van der Waals surface area contributed by atoms with Crippen LogP contribution in [0.4, 0.5) is 0 Å². The first-order chi connectivity index (χ1) is 9.65. The van der Waals surface area contributed by atoms with Crippen molar-refractivity contribution in [2.75, 3.05) is 0 Å². The van der Waals surface area contributed by atoms with Gasteiger partial charge in [0.05, 0.1) is 19.3 Å². The van der Waals surface area contributed by atoms with Crippen molar-refractivity contribution in [2.24, 2.45) is 0 Å². The van der Waals surface area contributed by atoms with Crippen LogP contribution in [-0.4, -0.2) is 20.9 Å². The Morgan fingerprint density at radius 3 is 2.75 bits per heavy atom. The van der Waals surface area contributed by atoms with Crippen LogP contribution in [0.1, 0.15) is 29.9 Å². The maximum atomic E-state index is 11.9. The Morgan fingerprint density at radius 2 is 2.05 bits per heavy atom. The lowest BCUT2D eigenvalue weighted by Gasteiger charge is -2.02. The second-order valence-electron chi connectivity index (χ2n) is 4.76. The largest absolute Gasteiger partial charge is 0.346 e. The summed E-state index contributed by atoms with van der Waals surface area (Å²) < 4.78 is 1.75. The van der Waals surface area contributed by atoms with Crippen LogP contribution in [0.25, 0.3) is 0 Å². The van der Waals surface area contributed by atoms with Crippen molar-refractivity contribution in [3.05, 3.63) is 59.4 Å². The number of aromatic nitrogens is 3. The zero-order valence-electron chi connectivity index (χ0n) is 11.7. The van der Waals surface area contributed by atoms with E-state index >= 15 is 0 Å². The third-order valence-electron chi connectivity index (χ3n) is 2.74. The first-order valence-electron chi connectivity index (χ1n) is 6.51. The van der Waals surface area contributed by atoms with E-state index in [4.69, 9.17) is 0 Å². The third-order valence-corrected chi connectivity index (χ3v) is 2.74. The van der Waals surface area contributed by atoms with E-state index in [0.29, 0.717) is 18.7 Å². The topological polar surface area (TPSA) is 59.8 Å². The average Bonchev–Trinajstić information content (AvgIpc) is 2.91. The molecule has 5 heteroatoms. The summed E-state index contributed by atoms with van der Waals surface area (Å²) in [7, 11) is 0. The smallest absolute Gasteiger partial charge is 0.251 e. The van der Waals surface area contributed by atoms with Crippen LogP contribution in [0.2, 0.25) is 0 Å². The van der Waals surface area contributed by atoms with Crippen LogP contribution in [0, 0.1) is 0 Å². The minimum Gasteiger partial charge on any atom is -0.346 e. The molecule has 0 radical (unpaired) electrons. The predicted octanol–water partition coefficient (Wildman–Crippen LogP) is 2.17. The summed E-state index contributed by atoms with van der Waals surface area (Å²) >= 11 is 0. The van der Waals surface area contributed by atoms with Gasteiger partial charge in [-0.3, -0.25) is 4.79 Å². The maximum absolute atomic E-state index is 11.9. The molecule has 0 atom stereocenters. The molecule has 0 aliphatic rings. The SMILES string of the molecule is CC(C)=CCn1cc(CNC(=O)c2ccccc2)nn1. The Kier molecular flexibility index (Phi) is 4.65. The van der Waals surface area contributed by atoms with E-state index in [9.17, 15) is 4.79 Å². The van der Waals surface area contributed by atoms with Gasteiger partial charge in [-0.25, -0.2) is 4.68 Å². The van der Waals surface area contributed by atoms with E-state index in [1.165, 1.54) is 5.57 Å². The fourth-order valence-electron chi connectivity index (χ4n) is 1.65. The summed E-state index contributed by atoms with van der Waals surface area (Å²) in [5, 5.41) is 10.9. The van der Waals surface area contributed by atoms with E-state index in [1.54, 1.807) is 16.8 Å². The lowest BCUT2D eigenvalue weighted by atomic mass is 10.2. The second kappa shape index (κ2) is 6.65. The molecule has 2 rings (SSSR count).